The molecule has 4 nitrogen and oxygen atoms in total. The molecule has 0 bridgehead atoms. The highest BCUT2D eigenvalue weighted by Gasteiger charge is 2.40. The van der Waals surface area contributed by atoms with Crippen molar-refractivity contribution >= 4 is 0 Å². The SMILES string of the molecule is NCC1(c2nccc(-c3ccccn3)n2)CCC1. The summed E-state index contributed by atoms with van der Waals surface area (Å²) < 4.78 is 0. The predicted octanol–water partition coefficient (Wildman–Crippen LogP) is 1.92. The fraction of sp³-hybridized carbons (Fsp3) is 0.357. The molecule has 1 aliphatic carbocycles. The van der Waals surface area contributed by atoms with Crippen molar-refractivity contribution < 1.29 is 0 Å². The molecular weight excluding hydrogens is 224 g/mol. The summed E-state index contributed by atoms with van der Waals surface area (Å²) in [5.74, 6) is 0.874. The number of aromatic nitrogens is 3. The normalized spacial score (nSPS) is 17.2. The molecule has 0 aliphatic heterocycles. The molecule has 92 valence electrons. The Morgan fingerprint density at radius 1 is 1.06 bits per heavy atom. The van der Waals surface area contributed by atoms with E-state index in [2.05, 4.69) is 15.0 Å². The van der Waals surface area contributed by atoms with Gasteiger partial charge in [-0.25, -0.2) is 9.97 Å². The van der Waals surface area contributed by atoms with E-state index in [0.717, 1.165) is 30.1 Å². The number of pyridine rings is 1. The molecule has 0 saturated heterocycles. The van der Waals surface area contributed by atoms with Crippen LogP contribution in [-0.2, 0) is 5.41 Å². The number of hydrogen-bond acceptors (Lipinski definition) is 4. The van der Waals surface area contributed by atoms with Gasteiger partial charge in [0.2, 0.25) is 0 Å². The van der Waals surface area contributed by atoms with E-state index in [4.69, 9.17) is 5.73 Å². The molecule has 1 saturated carbocycles. The minimum absolute atomic E-state index is 0.00475. The zero-order chi connectivity index (χ0) is 12.4. The highest BCUT2D eigenvalue weighted by Crippen LogP contribution is 2.41. The van der Waals surface area contributed by atoms with Crippen molar-refractivity contribution in [3.8, 4) is 11.4 Å². The summed E-state index contributed by atoms with van der Waals surface area (Å²) in [7, 11) is 0. The number of nitrogens with zero attached hydrogens (tertiary/aromatic N) is 3. The maximum absolute atomic E-state index is 5.89. The lowest BCUT2D eigenvalue weighted by Crippen LogP contribution is -2.43. The fourth-order valence-electron chi connectivity index (χ4n) is 2.39. The average Bonchev–Trinajstić information content (AvgIpc) is 2.40. The van der Waals surface area contributed by atoms with Gasteiger partial charge in [-0.1, -0.05) is 12.5 Å². The van der Waals surface area contributed by atoms with Crippen molar-refractivity contribution in [3.05, 3.63) is 42.5 Å². The van der Waals surface area contributed by atoms with E-state index in [0.29, 0.717) is 6.54 Å². The summed E-state index contributed by atoms with van der Waals surface area (Å²) in [4.78, 5) is 13.4. The number of rotatable bonds is 3. The van der Waals surface area contributed by atoms with Gasteiger partial charge in [-0.15, -0.1) is 0 Å². The van der Waals surface area contributed by atoms with Gasteiger partial charge in [0.15, 0.2) is 0 Å². The average molecular weight is 240 g/mol. The lowest BCUT2D eigenvalue weighted by atomic mass is 9.68. The predicted molar refractivity (Wildman–Crippen MR) is 69.8 cm³/mol. The molecule has 18 heavy (non-hydrogen) atoms. The standard InChI is InChI=1S/C14H16N4/c15-10-14(6-3-7-14)13-17-9-5-12(18-13)11-4-1-2-8-16-11/h1-2,4-5,8-9H,3,6-7,10,15H2. The van der Waals surface area contributed by atoms with E-state index >= 15 is 0 Å². The summed E-state index contributed by atoms with van der Waals surface area (Å²) in [6, 6.07) is 7.72. The van der Waals surface area contributed by atoms with Gasteiger partial charge in [0.1, 0.15) is 5.82 Å². The van der Waals surface area contributed by atoms with Crippen molar-refractivity contribution in [1.82, 2.24) is 15.0 Å². The minimum Gasteiger partial charge on any atom is -0.329 e. The Morgan fingerprint density at radius 3 is 2.56 bits per heavy atom. The molecule has 2 aromatic rings. The smallest absolute Gasteiger partial charge is 0.136 e. The second kappa shape index (κ2) is 4.46. The second-order valence-electron chi connectivity index (χ2n) is 4.82. The van der Waals surface area contributed by atoms with Crippen molar-refractivity contribution in [2.75, 3.05) is 6.54 Å². The van der Waals surface area contributed by atoms with Crippen molar-refractivity contribution in [3.63, 3.8) is 0 Å². The molecule has 2 N–H and O–H groups in total. The van der Waals surface area contributed by atoms with Crippen LogP contribution in [0.2, 0.25) is 0 Å². The molecule has 2 aromatic heterocycles. The second-order valence-corrected chi connectivity index (χ2v) is 4.82. The summed E-state index contributed by atoms with van der Waals surface area (Å²) >= 11 is 0. The van der Waals surface area contributed by atoms with E-state index in [1.807, 2.05) is 30.5 Å². The first kappa shape index (κ1) is 11.3. The van der Waals surface area contributed by atoms with Crippen LogP contribution in [0, 0.1) is 0 Å². The minimum atomic E-state index is 0.00475. The first-order chi connectivity index (χ1) is 8.84. The fourth-order valence-corrected chi connectivity index (χ4v) is 2.39. The molecule has 0 radical (unpaired) electrons. The third kappa shape index (κ3) is 1.78. The molecule has 3 rings (SSSR count). The van der Waals surface area contributed by atoms with Gasteiger partial charge in [-0.05, 0) is 31.0 Å². The highest BCUT2D eigenvalue weighted by molar-refractivity contribution is 5.53. The zero-order valence-electron chi connectivity index (χ0n) is 10.2. The Balaban J connectivity index is 1.99. The molecule has 0 unspecified atom stereocenters. The van der Waals surface area contributed by atoms with Crippen LogP contribution in [0.5, 0.6) is 0 Å². The summed E-state index contributed by atoms with van der Waals surface area (Å²) in [5.41, 5.74) is 7.66. The summed E-state index contributed by atoms with van der Waals surface area (Å²) in [5, 5.41) is 0. The Hall–Kier alpha value is -1.81. The molecule has 0 spiro atoms. The van der Waals surface area contributed by atoms with Gasteiger partial charge in [-0.3, -0.25) is 4.98 Å². The Bertz CT molecular complexity index is 529. The van der Waals surface area contributed by atoms with Gasteiger partial charge >= 0.3 is 0 Å². The van der Waals surface area contributed by atoms with Crippen molar-refractivity contribution in [2.24, 2.45) is 5.73 Å². The van der Waals surface area contributed by atoms with E-state index in [1.165, 1.54) is 6.42 Å². The van der Waals surface area contributed by atoms with Crippen LogP contribution in [0.1, 0.15) is 25.1 Å². The van der Waals surface area contributed by atoms with Gasteiger partial charge in [0.05, 0.1) is 11.4 Å². The van der Waals surface area contributed by atoms with Crippen LogP contribution in [0.15, 0.2) is 36.7 Å². The topological polar surface area (TPSA) is 64.7 Å². The quantitative estimate of drug-likeness (QED) is 0.890. The van der Waals surface area contributed by atoms with E-state index in [1.54, 1.807) is 6.20 Å². The van der Waals surface area contributed by atoms with Gasteiger partial charge in [-0.2, -0.15) is 0 Å². The molecule has 4 heteroatoms. The maximum atomic E-state index is 5.89. The molecular formula is C14H16N4. The molecule has 2 heterocycles. The van der Waals surface area contributed by atoms with Crippen molar-refractivity contribution in [1.29, 1.82) is 0 Å². The monoisotopic (exact) mass is 240 g/mol. The van der Waals surface area contributed by atoms with Gasteiger partial charge in [0.25, 0.3) is 0 Å². The third-order valence-electron chi connectivity index (χ3n) is 3.76. The van der Waals surface area contributed by atoms with Crippen LogP contribution >= 0.6 is 0 Å². The molecule has 0 amide bonds. The highest BCUT2D eigenvalue weighted by atomic mass is 14.9. The Morgan fingerprint density at radius 2 is 1.94 bits per heavy atom. The molecule has 0 aromatic carbocycles. The van der Waals surface area contributed by atoms with E-state index in [-0.39, 0.29) is 5.41 Å². The van der Waals surface area contributed by atoms with Crippen molar-refractivity contribution in [2.45, 2.75) is 24.7 Å². The first-order valence-corrected chi connectivity index (χ1v) is 6.29. The first-order valence-electron chi connectivity index (χ1n) is 6.29. The molecule has 1 fully saturated rings. The summed E-state index contributed by atoms with van der Waals surface area (Å²) in [6.45, 7) is 0.624. The van der Waals surface area contributed by atoms with Crippen LogP contribution in [0.25, 0.3) is 11.4 Å². The number of nitrogens with two attached hydrogens (primary N) is 1. The van der Waals surface area contributed by atoms with Crippen LogP contribution in [0.4, 0.5) is 0 Å². The van der Waals surface area contributed by atoms with Crippen LogP contribution in [-0.4, -0.2) is 21.5 Å². The number of hydrogen-bond donors (Lipinski definition) is 1. The lowest BCUT2D eigenvalue weighted by molar-refractivity contribution is 0.238. The Kier molecular flexibility index (Phi) is 2.80. The summed E-state index contributed by atoms with van der Waals surface area (Å²) in [6.07, 6.45) is 6.99. The third-order valence-corrected chi connectivity index (χ3v) is 3.76. The van der Waals surface area contributed by atoms with Gasteiger partial charge in [0, 0.05) is 24.4 Å². The van der Waals surface area contributed by atoms with E-state index < -0.39 is 0 Å². The molecule has 1 aliphatic rings. The largest absolute Gasteiger partial charge is 0.329 e. The van der Waals surface area contributed by atoms with E-state index in [9.17, 15) is 0 Å². The zero-order valence-corrected chi connectivity index (χ0v) is 10.2. The van der Waals surface area contributed by atoms with Crippen LogP contribution < -0.4 is 5.73 Å². The molecule has 0 atom stereocenters. The van der Waals surface area contributed by atoms with Gasteiger partial charge < -0.3 is 5.73 Å². The maximum Gasteiger partial charge on any atom is 0.136 e. The van der Waals surface area contributed by atoms with Crippen LogP contribution in [0.3, 0.4) is 0 Å². The Labute approximate surface area is 106 Å². The lowest BCUT2D eigenvalue weighted by Gasteiger charge is -2.39.